The largest absolute Gasteiger partial charge is 0.399 e. The Morgan fingerprint density at radius 1 is 1.31 bits per heavy atom. The van der Waals surface area contributed by atoms with Gasteiger partial charge in [-0.05, 0) is 18.2 Å². The van der Waals surface area contributed by atoms with Crippen LogP contribution in [0.4, 0.5) is 5.69 Å². The fourth-order valence-electron chi connectivity index (χ4n) is 1.04. The number of halogens is 1. The molecule has 5 heteroatoms. The van der Waals surface area contributed by atoms with Crippen LogP contribution in [0.5, 0.6) is 0 Å². The van der Waals surface area contributed by atoms with Gasteiger partial charge in [-0.25, -0.2) is 0 Å². The van der Waals surface area contributed by atoms with Crippen molar-refractivity contribution in [3.63, 3.8) is 0 Å². The van der Waals surface area contributed by atoms with Gasteiger partial charge in [0.2, 0.25) is 0 Å². The fraction of sp³-hybridized carbons (Fsp3) is 0. The second kappa shape index (κ2) is 3.06. The topological polar surface area (TPSA) is 64.9 Å². The minimum absolute atomic E-state index is 0.411. The van der Waals surface area contributed by atoms with Gasteiger partial charge in [0.05, 0.1) is 0 Å². The third-order valence-corrected chi connectivity index (χ3v) is 1.75. The van der Waals surface area contributed by atoms with E-state index in [-0.39, 0.29) is 0 Å². The summed E-state index contributed by atoms with van der Waals surface area (Å²) >= 11 is 5.80. The lowest BCUT2D eigenvalue weighted by Crippen LogP contribution is -1.86. The zero-order valence-corrected chi connectivity index (χ0v) is 7.32. The highest BCUT2D eigenvalue weighted by Gasteiger charge is 2.04. The first-order valence-electron chi connectivity index (χ1n) is 3.59. The Balaban J connectivity index is 2.53. The molecule has 4 nitrogen and oxygen atoms in total. The molecule has 13 heavy (non-hydrogen) atoms. The molecule has 0 saturated heterocycles. The smallest absolute Gasteiger partial charge is 0.257 e. The van der Waals surface area contributed by atoms with Gasteiger partial charge in [-0.15, -0.1) is 0 Å². The molecule has 66 valence electrons. The van der Waals surface area contributed by atoms with E-state index in [2.05, 4.69) is 10.1 Å². The van der Waals surface area contributed by atoms with E-state index >= 15 is 0 Å². The van der Waals surface area contributed by atoms with Crippen LogP contribution in [0.25, 0.3) is 11.5 Å². The van der Waals surface area contributed by atoms with Gasteiger partial charge in [-0.1, -0.05) is 16.8 Å². The van der Waals surface area contributed by atoms with Crippen LogP contribution in [-0.2, 0) is 0 Å². The van der Waals surface area contributed by atoms with E-state index in [4.69, 9.17) is 21.9 Å². The van der Waals surface area contributed by atoms with Crippen LogP contribution in [0, 0.1) is 0 Å². The summed E-state index contributed by atoms with van der Waals surface area (Å²) in [4.78, 5) is 3.88. The number of aromatic nitrogens is 2. The SMILES string of the molecule is Nc1cc(Cl)cc(-c2ncno2)c1. The van der Waals surface area contributed by atoms with Crippen molar-refractivity contribution in [2.45, 2.75) is 0 Å². The Morgan fingerprint density at radius 3 is 2.77 bits per heavy atom. The van der Waals surface area contributed by atoms with E-state index in [0.717, 1.165) is 5.56 Å². The zero-order chi connectivity index (χ0) is 9.26. The zero-order valence-electron chi connectivity index (χ0n) is 6.57. The molecule has 0 unspecified atom stereocenters. The number of nitrogen functional groups attached to an aromatic ring is 1. The van der Waals surface area contributed by atoms with Crippen molar-refractivity contribution in [1.29, 1.82) is 0 Å². The average molecular weight is 196 g/mol. The van der Waals surface area contributed by atoms with Crippen molar-refractivity contribution in [2.24, 2.45) is 0 Å². The van der Waals surface area contributed by atoms with Gasteiger partial charge in [0.25, 0.3) is 5.89 Å². The van der Waals surface area contributed by atoms with E-state index < -0.39 is 0 Å². The number of anilines is 1. The molecule has 2 aromatic rings. The van der Waals surface area contributed by atoms with Gasteiger partial charge in [0.15, 0.2) is 6.33 Å². The first kappa shape index (κ1) is 8.07. The van der Waals surface area contributed by atoms with Gasteiger partial charge in [0, 0.05) is 16.3 Å². The number of nitrogens with two attached hydrogens (primary N) is 1. The molecule has 0 amide bonds. The lowest BCUT2D eigenvalue weighted by Gasteiger charge is -1.97. The van der Waals surface area contributed by atoms with Crippen LogP contribution >= 0.6 is 11.6 Å². The van der Waals surface area contributed by atoms with Crippen LogP contribution in [0.3, 0.4) is 0 Å². The van der Waals surface area contributed by atoms with Gasteiger partial charge in [-0.3, -0.25) is 0 Å². The number of nitrogens with zero attached hydrogens (tertiary/aromatic N) is 2. The Hall–Kier alpha value is -1.55. The quantitative estimate of drug-likeness (QED) is 0.707. The normalized spacial score (nSPS) is 10.2. The first-order valence-corrected chi connectivity index (χ1v) is 3.96. The van der Waals surface area contributed by atoms with Gasteiger partial charge in [-0.2, -0.15) is 4.98 Å². The van der Waals surface area contributed by atoms with E-state index in [1.165, 1.54) is 6.33 Å². The standard InChI is InChI=1S/C8H6ClN3O/c9-6-1-5(2-7(10)3-6)8-11-4-12-13-8/h1-4H,10H2. The third kappa shape index (κ3) is 1.62. The van der Waals surface area contributed by atoms with E-state index in [0.29, 0.717) is 16.6 Å². The Labute approximate surface area is 79.3 Å². The van der Waals surface area contributed by atoms with Gasteiger partial charge < -0.3 is 10.3 Å². The number of benzene rings is 1. The van der Waals surface area contributed by atoms with Crippen LogP contribution in [-0.4, -0.2) is 10.1 Å². The molecule has 1 aromatic heterocycles. The highest BCUT2D eigenvalue weighted by atomic mass is 35.5. The minimum atomic E-state index is 0.411. The van der Waals surface area contributed by atoms with E-state index in [1.54, 1.807) is 18.2 Å². The Bertz CT molecular complexity index is 393. The maximum atomic E-state index is 5.80. The molecule has 0 fully saturated rings. The third-order valence-electron chi connectivity index (χ3n) is 1.53. The predicted octanol–water partition coefficient (Wildman–Crippen LogP) is 1.97. The summed E-state index contributed by atoms with van der Waals surface area (Å²) in [6.07, 6.45) is 1.33. The number of hydrogen-bond acceptors (Lipinski definition) is 4. The Morgan fingerprint density at radius 2 is 2.15 bits per heavy atom. The molecule has 0 spiro atoms. The number of rotatable bonds is 1. The average Bonchev–Trinajstić information content (AvgIpc) is 2.53. The van der Waals surface area contributed by atoms with Crippen molar-refractivity contribution in [3.05, 3.63) is 29.5 Å². The molecular formula is C8H6ClN3O. The van der Waals surface area contributed by atoms with E-state index in [1.807, 2.05) is 0 Å². The summed E-state index contributed by atoms with van der Waals surface area (Å²) in [6, 6.07) is 5.09. The maximum Gasteiger partial charge on any atom is 0.257 e. The lowest BCUT2D eigenvalue weighted by molar-refractivity contribution is 0.430. The molecule has 0 radical (unpaired) electrons. The van der Waals surface area contributed by atoms with Gasteiger partial charge >= 0.3 is 0 Å². The van der Waals surface area contributed by atoms with Crippen molar-refractivity contribution in [1.82, 2.24) is 10.1 Å². The molecule has 0 atom stereocenters. The summed E-state index contributed by atoms with van der Waals surface area (Å²) in [7, 11) is 0. The second-order valence-corrected chi connectivity index (χ2v) is 2.96. The molecule has 0 bridgehead atoms. The molecule has 0 aliphatic heterocycles. The van der Waals surface area contributed by atoms with Crippen molar-refractivity contribution < 1.29 is 4.52 Å². The first-order chi connectivity index (χ1) is 6.25. The summed E-state index contributed by atoms with van der Waals surface area (Å²) < 4.78 is 4.85. The molecule has 1 aromatic carbocycles. The van der Waals surface area contributed by atoms with Crippen molar-refractivity contribution in [3.8, 4) is 11.5 Å². The van der Waals surface area contributed by atoms with Crippen LogP contribution in [0.2, 0.25) is 5.02 Å². The Kier molecular flexibility index (Phi) is 1.90. The summed E-state index contributed by atoms with van der Waals surface area (Å²) in [5, 5.41) is 4.04. The van der Waals surface area contributed by atoms with Gasteiger partial charge in [0.1, 0.15) is 0 Å². The minimum Gasteiger partial charge on any atom is -0.399 e. The molecule has 1 heterocycles. The highest BCUT2D eigenvalue weighted by Crippen LogP contribution is 2.23. The molecule has 0 aliphatic rings. The fourth-order valence-corrected chi connectivity index (χ4v) is 1.28. The predicted molar refractivity (Wildman–Crippen MR) is 49.2 cm³/mol. The van der Waals surface area contributed by atoms with E-state index in [9.17, 15) is 0 Å². The van der Waals surface area contributed by atoms with Crippen LogP contribution in [0.15, 0.2) is 29.0 Å². The highest BCUT2D eigenvalue weighted by molar-refractivity contribution is 6.31. The molecular weight excluding hydrogens is 190 g/mol. The lowest BCUT2D eigenvalue weighted by atomic mass is 10.2. The molecule has 0 aliphatic carbocycles. The maximum absolute atomic E-state index is 5.80. The van der Waals surface area contributed by atoms with Crippen molar-refractivity contribution >= 4 is 17.3 Å². The molecule has 2 rings (SSSR count). The van der Waals surface area contributed by atoms with Crippen LogP contribution < -0.4 is 5.73 Å². The van der Waals surface area contributed by atoms with Crippen molar-refractivity contribution in [2.75, 3.05) is 5.73 Å². The summed E-state index contributed by atoms with van der Waals surface area (Å²) in [5.74, 6) is 0.411. The summed E-state index contributed by atoms with van der Waals surface area (Å²) in [5.41, 5.74) is 6.89. The molecule has 2 N–H and O–H groups in total. The molecule has 0 saturated carbocycles. The number of hydrogen-bond donors (Lipinski definition) is 1. The summed E-state index contributed by atoms with van der Waals surface area (Å²) in [6.45, 7) is 0. The monoisotopic (exact) mass is 195 g/mol. The van der Waals surface area contributed by atoms with Crippen LogP contribution in [0.1, 0.15) is 0 Å². The second-order valence-electron chi connectivity index (χ2n) is 2.52.